The van der Waals surface area contributed by atoms with Crippen molar-refractivity contribution in [2.45, 2.75) is 13.8 Å². The Morgan fingerprint density at radius 2 is 1.62 bits per heavy atom. The zero-order valence-electron chi connectivity index (χ0n) is 17.7. The SMILES string of the molecule is Cc1cc(C)c(C(=O)NCC(=O)N/N=C/c2c3ccccc3cc3ccccc23)c(=S)[nH]1. The second-order valence-corrected chi connectivity index (χ2v) is 7.96. The van der Waals surface area contributed by atoms with Crippen molar-refractivity contribution in [3.8, 4) is 0 Å². The van der Waals surface area contributed by atoms with E-state index in [-0.39, 0.29) is 6.54 Å². The quantitative estimate of drug-likeness (QED) is 0.183. The standard InChI is InChI=1S/C25H22N4O2S/c1-15-11-16(2)28-25(32)23(15)24(31)26-14-22(30)29-27-13-21-19-9-5-3-7-17(19)12-18-8-4-6-10-20(18)21/h3-13H,14H2,1-2H3,(H,26,31)(H,28,32)(H,29,30)/b27-13+. The first-order chi connectivity index (χ1) is 15.4. The Hall–Kier alpha value is -3.84. The first kappa shape index (κ1) is 21.4. The summed E-state index contributed by atoms with van der Waals surface area (Å²) in [4.78, 5) is 27.7. The number of fused-ring (bicyclic) bond motifs is 2. The number of pyridine rings is 1. The number of rotatable bonds is 5. The van der Waals surface area contributed by atoms with Crippen molar-refractivity contribution in [1.29, 1.82) is 0 Å². The molecule has 0 aliphatic heterocycles. The number of nitrogens with zero attached hydrogens (tertiary/aromatic N) is 1. The highest BCUT2D eigenvalue weighted by Crippen LogP contribution is 2.27. The molecule has 3 aromatic carbocycles. The number of benzene rings is 3. The van der Waals surface area contributed by atoms with Crippen LogP contribution in [0, 0.1) is 18.5 Å². The van der Waals surface area contributed by atoms with Crippen molar-refractivity contribution in [3.63, 3.8) is 0 Å². The molecule has 1 heterocycles. The van der Waals surface area contributed by atoms with Gasteiger partial charge < -0.3 is 10.3 Å². The number of aromatic amines is 1. The van der Waals surface area contributed by atoms with Gasteiger partial charge in [-0.25, -0.2) is 5.43 Å². The molecule has 4 rings (SSSR count). The van der Waals surface area contributed by atoms with E-state index in [1.807, 2.05) is 68.4 Å². The molecule has 4 aromatic rings. The van der Waals surface area contributed by atoms with Gasteiger partial charge in [-0.2, -0.15) is 5.10 Å². The fourth-order valence-electron chi connectivity index (χ4n) is 3.78. The highest BCUT2D eigenvalue weighted by molar-refractivity contribution is 7.71. The number of hydrogen-bond donors (Lipinski definition) is 3. The molecule has 0 saturated heterocycles. The summed E-state index contributed by atoms with van der Waals surface area (Å²) in [5.74, 6) is -0.832. The Bertz CT molecular complexity index is 1390. The number of nitrogens with one attached hydrogen (secondary N) is 3. The Morgan fingerprint density at radius 3 is 2.25 bits per heavy atom. The second kappa shape index (κ2) is 9.11. The van der Waals surface area contributed by atoms with Crippen LogP contribution in [0.1, 0.15) is 27.2 Å². The maximum Gasteiger partial charge on any atom is 0.259 e. The van der Waals surface area contributed by atoms with Crippen LogP contribution in [-0.4, -0.2) is 29.6 Å². The zero-order chi connectivity index (χ0) is 22.7. The molecule has 0 spiro atoms. The molecular formula is C25H22N4O2S. The smallest absolute Gasteiger partial charge is 0.259 e. The van der Waals surface area contributed by atoms with E-state index in [0.717, 1.165) is 38.4 Å². The number of carbonyl (C=O) groups excluding carboxylic acids is 2. The lowest BCUT2D eigenvalue weighted by atomic mass is 9.97. The summed E-state index contributed by atoms with van der Waals surface area (Å²) in [5, 5.41) is 11.0. The van der Waals surface area contributed by atoms with Crippen molar-refractivity contribution < 1.29 is 9.59 Å². The van der Waals surface area contributed by atoms with E-state index in [1.54, 1.807) is 6.21 Å². The molecule has 0 saturated carbocycles. The maximum atomic E-state index is 12.5. The van der Waals surface area contributed by atoms with Gasteiger partial charge in [0.15, 0.2) is 0 Å². The Labute approximate surface area is 190 Å². The fraction of sp³-hybridized carbons (Fsp3) is 0.120. The number of amides is 2. The van der Waals surface area contributed by atoms with Crippen LogP contribution in [0.15, 0.2) is 65.8 Å². The number of hydrogen-bond acceptors (Lipinski definition) is 4. The van der Waals surface area contributed by atoms with Crippen LogP contribution in [-0.2, 0) is 4.79 Å². The molecule has 6 nitrogen and oxygen atoms in total. The third-order valence-electron chi connectivity index (χ3n) is 5.20. The number of carbonyl (C=O) groups is 2. The Balaban J connectivity index is 1.48. The molecule has 32 heavy (non-hydrogen) atoms. The summed E-state index contributed by atoms with van der Waals surface area (Å²) in [6, 6.07) is 20.0. The average molecular weight is 443 g/mol. The van der Waals surface area contributed by atoms with Crippen LogP contribution in [0.3, 0.4) is 0 Å². The first-order valence-corrected chi connectivity index (χ1v) is 10.6. The molecule has 0 radical (unpaired) electrons. The van der Waals surface area contributed by atoms with Crippen LogP contribution in [0.2, 0.25) is 0 Å². The second-order valence-electron chi connectivity index (χ2n) is 7.55. The van der Waals surface area contributed by atoms with Gasteiger partial charge in [-0.3, -0.25) is 9.59 Å². The van der Waals surface area contributed by atoms with Crippen LogP contribution < -0.4 is 10.7 Å². The topological polar surface area (TPSA) is 86.3 Å². The Morgan fingerprint density at radius 1 is 1.00 bits per heavy atom. The number of hydrazone groups is 1. The maximum absolute atomic E-state index is 12.5. The summed E-state index contributed by atoms with van der Waals surface area (Å²) in [6.45, 7) is 3.47. The summed E-state index contributed by atoms with van der Waals surface area (Å²) < 4.78 is 0.348. The molecule has 0 atom stereocenters. The molecule has 0 fully saturated rings. The van der Waals surface area contributed by atoms with Gasteiger partial charge in [0.05, 0.1) is 18.3 Å². The summed E-state index contributed by atoms with van der Waals surface area (Å²) in [5.41, 5.74) is 5.40. The number of aryl methyl sites for hydroxylation is 2. The van der Waals surface area contributed by atoms with E-state index < -0.39 is 11.8 Å². The number of H-pyrrole nitrogens is 1. The number of aromatic nitrogens is 1. The normalized spacial score (nSPS) is 11.2. The van der Waals surface area contributed by atoms with Crippen LogP contribution in [0.25, 0.3) is 21.5 Å². The molecular weight excluding hydrogens is 420 g/mol. The van der Waals surface area contributed by atoms with Gasteiger partial charge in [-0.05, 0) is 53.1 Å². The van der Waals surface area contributed by atoms with E-state index in [0.29, 0.717) is 10.2 Å². The van der Waals surface area contributed by atoms with Crippen LogP contribution in [0.5, 0.6) is 0 Å². The predicted octanol–water partition coefficient (Wildman–Crippen LogP) is 4.55. The monoisotopic (exact) mass is 442 g/mol. The summed E-state index contributed by atoms with van der Waals surface area (Å²) in [7, 11) is 0. The lowest BCUT2D eigenvalue weighted by molar-refractivity contribution is -0.120. The molecule has 7 heteroatoms. The lowest BCUT2D eigenvalue weighted by Gasteiger charge is -2.09. The van der Waals surface area contributed by atoms with Crippen molar-refractivity contribution in [2.75, 3.05) is 6.54 Å². The van der Waals surface area contributed by atoms with Crippen LogP contribution >= 0.6 is 12.2 Å². The molecule has 0 unspecified atom stereocenters. The van der Waals surface area contributed by atoms with E-state index in [2.05, 4.69) is 26.9 Å². The minimum Gasteiger partial charge on any atom is -0.350 e. The Kier molecular flexibility index (Phi) is 6.09. The van der Waals surface area contributed by atoms with Gasteiger partial charge >= 0.3 is 0 Å². The third-order valence-corrected chi connectivity index (χ3v) is 5.50. The van der Waals surface area contributed by atoms with Crippen molar-refractivity contribution in [1.82, 2.24) is 15.7 Å². The molecule has 1 aromatic heterocycles. The van der Waals surface area contributed by atoms with Gasteiger partial charge in [0.2, 0.25) is 0 Å². The van der Waals surface area contributed by atoms with E-state index in [1.165, 1.54) is 0 Å². The zero-order valence-corrected chi connectivity index (χ0v) is 18.5. The molecule has 3 N–H and O–H groups in total. The largest absolute Gasteiger partial charge is 0.350 e. The van der Waals surface area contributed by atoms with E-state index >= 15 is 0 Å². The molecule has 160 valence electrons. The summed E-state index contributed by atoms with van der Waals surface area (Å²) >= 11 is 5.24. The fourth-order valence-corrected chi connectivity index (χ4v) is 4.20. The van der Waals surface area contributed by atoms with Gasteiger partial charge in [0.1, 0.15) is 4.64 Å². The first-order valence-electron chi connectivity index (χ1n) is 10.1. The highest BCUT2D eigenvalue weighted by Gasteiger charge is 2.13. The van der Waals surface area contributed by atoms with Gasteiger partial charge in [0, 0.05) is 11.3 Å². The van der Waals surface area contributed by atoms with Gasteiger partial charge in [-0.1, -0.05) is 60.7 Å². The molecule has 2 amide bonds. The predicted molar refractivity (Wildman–Crippen MR) is 131 cm³/mol. The van der Waals surface area contributed by atoms with Crippen molar-refractivity contribution in [2.24, 2.45) is 5.10 Å². The third kappa shape index (κ3) is 4.43. The minimum atomic E-state index is -0.432. The molecule has 0 aliphatic rings. The van der Waals surface area contributed by atoms with E-state index in [9.17, 15) is 9.59 Å². The highest BCUT2D eigenvalue weighted by atomic mass is 32.1. The minimum absolute atomic E-state index is 0.214. The van der Waals surface area contributed by atoms with Crippen LogP contribution in [0.4, 0.5) is 0 Å². The lowest BCUT2D eigenvalue weighted by Crippen LogP contribution is -2.35. The molecule has 0 bridgehead atoms. The van der Waals surface area contributed by atoms with Gasteiger partial charge in [0.25, 0.3) is 11.8 Å². The van der Waals surface area contributed by atoms with Crippen molar-refractivity contribution in [3.05, 3.63) is 87.7 Å². The van der Waals surface area contributed by atoms with Gasteiger partial charge in [-0.15, -0.1) is 0 Å². The molecule has 0 aliphatic carbocycles. The average Bonchev–Trinajstić information content (AvgIpc) is 2.76. The summed E-state index contributed by atoms with van der Waals surface area (Å²) in [6.07, 6.45) is 1.64. The van der Waals surface area contributed by atoms with Crippen molar-refractivity contribution >= 4 is 51.8 Å². The van der Waals surface area contributed by atoms with E-state index in [4.69, 9.17) is 12.2 Å².